The second-order valence-electron chi connectivity index (χ2n) is 7.88. The number of hydrogen-bond donors (Lipinski definition) is 2. The lowest BCUT2D eigenvalue weighted by Crippen LogP contribution is -2.47. The fraction of sp³-hybridized carbons (Fsp3) is 0.308. The predicted molar refractivity (Wildman–Crippen MR) is 119 cm³/mol. The van der Waals surface area contributed by atoms with Crippen LogP contribution in [0.1, 0.15) is 41.6 Å². The van der Waals surface area contributed by atoms with Gasteiger partial charge in [0.05, 0.1) is 7.11 Å². The van der Waals surface area contributed by atoms with Crippen molar-refractivity contribution < 1.29 is 9.13 Å². The molecule has 3 aromatic carbocycles. The predicted octanol–water partition coefficient (Wildman–Crippen LogP) is 5.20. The van der Waals surface area contributed by atoms with Gasteiger partial charge in [0.1, 0.15) is 11.6 Å². The Morgan fingerprint density at radius 3 is 2.50 bits per heavy atom. The number of benzene rings is 3. The summed E-state index contributed by atoms with van der Waals surface area (Å²) in [6, 6.07) is 26.2. The van der Waals surface area contributed by atoms with Crippen molar-refractivity contribution >= 4 is 0 Å². The maximum Gasteiger partial charge on any atom is 0.123 e. The molecule has 1 saturated heterocycles. The highest BCUT2D eigenvalue weighted by molar-refractivity contribution is 5.37. The highest BCUT2D eigenvalue weighted by Gasteiger charge is 2.29. The van der Waals surface area contributed by atoms with E-state index in [1.807, 2.05) is 30.3 Å². The van der Waals surface area contributed by atoms with Gasteiger partial charge in [0, 0.05) is 23.7 Å². The van der Waals surface area contributed by atoms with Gasteiger partial charge in [0.15, 0.2) is 0 Å². The molecule has 0 saturated carbocycles. The van der Waals surface area contributed by atoms with E-state index in [-0.39, 0.29) is 23.9 Å². The van der Waals surface area contributed by atoms with E-state index >= 15 is 0 Å². The number of methoxy groups -OCH3 is 1. The lowest BCUT2D eigenvalue weighted by atomic mass is 9.89. The molecule has 0 spiro atoms. The Morgan fingerprint density at radius 1 is 1.00 bits per heavy atom. The minimum absolute atomic E-state index is 0.0581. The van der Waals surface area contributed by atoms with Crippen LogP contribution in [0.15, 0.2) is 78.9 Å². The van der Waals surface area contributed by atoms with Gasteiger partial charge < -0.3 is 15.4 Å². The highest BCUT2D eigenvalue weighted by atomic mass is 19.1. The molecule has 156 valence electrons. The maximum atomic E-state index is 13.4. The lowest BCUT2D eigenvalue weighted by Gasteiger charge is -2.37. The molecule has 4 rings (SSSR count). The van der Waals surface area contributed by atoms with E-state index in [0.29, 0.717) is 0 Å². The summed E-state index contributed by atoms with van der Waals surface area (Å²) < 4.78 is 19.1. The number of ether oxygens (including phenoxy) is 1. The smallest absolute Gasteiger partial charge is 0.123 e. The fourth-order valence-electron chi connectivity index (χ4n) is 4.41. The van der Waals surface area contributed by atoms with Crippen LogP contribution in [-0.4, -0.2) is 19.7 Å². The molecule has 0 aliphatic carbocycles. The van der Waals surface area contributed by atoms with Crippen LogP contribution in [0.3, 0.4) is 0 Å². The average molecular weight is 405 g/mol. The van der Waals surface area contributed by atoms with Crippen molar-refractivity contribution in [2.75, 3.05) is 13.7 Å². The Bertz CT molecular complexity index is 929. The zero-order valence-electron chi connectivity index (χ0n) is 17.4. The van der Waals surface area contributed by atoms with Crippen molar-refractivity contribution in [1.82, 2.24) is 10.6 Å². The van der Waals surface area contributed by atoms with Crippen molar-refractivity contribution in [3.05, 3.63) is 101 Å². The minimum Gasteiger partial charge on any atom is -0.496 e. The van der Waals surface area contributed by atoms with E-state index < -0.39 is 0 Å². The molecule has 0 amide bonds. The monoisotopic (exact) mass is 404 g/mol. The average Bonchev–Trinajstić information content (AvgIpc) is 2.81. The Morgan fingerprint density at radius 2 is 1.73 bits per heavy atom. The van der Waals surface area contributed by atoms with Gasteiger partial charge in [-0.25, -0.2) is 4.39 Å². The largest absolute Gasteiger partial charge is 0.496 e. The Labute approximate surface area is 178 Å². The zero-order valence-corrected chi connectivity index (χ0v) is 17.4. The van der Waals surface area contributed by atoms with E-state index in [1.54, 1.807) is 7.11 Å². The normalized spacial score (nSPS) is 19.9. The third-order valence-corrected chi connectivity index (χ3v) is 5.90. The second kappa shape index (κ2) is 9.88. The van der Waals surface area contributed by atoms with E-state index in [1.165, 1.54) is 17.7 Å². The summed E-state index contributed by atoms with van der Waals surface area (Å²) in [5.41, 5.74) is 3.52. The molecule has 4 heteroatoms. The van der Waals surface area contributed by atoms with Crippen LogP contribution >= 0.6 is 0 Å². The zero-order chi connectivity index (χ0) is 20.8. The van der Waals surface area contributed by atoms with Gasteiger partial charge in [0.25, 0.3) is 0 Å². The number of rotatable bonds is 7. The Balaban J connectivity index is 1.63. The minimum atomic E-state index is -0.207. The van der Waals surface area contributed by atoms with E-state index in [9.17, 15) is 4.39 Å². The Hall–Kier alpha value is -2.69. The molecule has 3 atom stereocenters. The quantitative estimate of drug-likeness (QED) is 0.568. The standard InChI is InChI=1S/C26H29FN2O/c1-30-25-12-6-5-10-22(25)24(18-19-13-15-21(27)16-14-19)29-23-11-7-17-28-26(23)20-8-3-2-4-9-20/h2-6,8-10,12-16,23-24,26,28-29H,7,11,17-18H2,1H3/t23-,24+,26-/m0/s1. The second-order valence-corrected chi connectivity index (χ2v) is 7.88. The Kier molecular flexibility index (Phi) is 6.77. The van der Waals surface area contributed by atoms with Crippen molar-refractivity contribution in [3.63, 3.8) is 0 Å². The summed E-state index contributed by atoms with van der Waals surface area (Å²) in [6.45, 7) is 1.02. The van der Waals surface area contributed by atoms with Crippen LogP contribution in [0, 0.1) is 5.82 Å². The molecule has 0 bridgehead atoms. The SMILES string of the molecule is COc1ccccc1[C@@H](Cc1ccc(F)cc1)N[C@H]1CCCN[C@H]1c1ccccc1. The molecule has 0 radical (unpaired) electrons. The van der Waals surface area contributed by atoms with Crippen LogP contribution < -0.4 is 15.4 Å². The van der Waals surface area contributed by atoms with Gasteiger partial charge in [-0.05, 0) is 55.1 Å². The molecular weight excluding hydrogens is 375 g/mol. The molecule has 0 unspecified atom stereocenters. The summed E-state index contributed by atoms with van der Waals surface area (Å²) in [4.78, 5) is 0. The first kappa shape index (κ1) is 20.6. The maximum absolute atomic E-state index is 13.4. The van der Waals surface area contributed by atoms with Gasteiger partial charge >= 0.3 is 0 Å². The molecule has 2 N–H and O–H groups in total. The van der Waals surface area contributed by atoms with Crippen LogP contribution in [0.4, 0.5) is 4.39 Å². The summed E-state index contributed by atoms with van der Waals surface area (Å²) in [6.07, 6.45) is 3.00. The molecule has 3 aromatic rings. The fourth-order valence-corrected chi connectivity index (χ4v) is 4.41. The van der Waals surface area contributed by atoms with Crippen molar-refractivity contribution in [2.45, 2.75) is 37.4 Å². The number of hydrogen-bond acceptors (Lipinski definition) is 3. The third kappa shape index (κ3) is 4.89. The summed E-state index contributed by atoms with van der Waals surface area (Å²) >= 11 is 0. The lowest BCUT2D eigenvalue weighted by molar-refractivity contribution is 0.277. The van der Waals surface area contributed by atoms with Crippen molar-refractivity contribution in [2.24, 2.45) is 0 Å². The summed E-state index contributed by atoms with van der Waals surface area (Å²) in [5.74, 6) is 0.665. The van der Waals surface area contributed by atoms with Crippen molar-refractivity contribution in [1.29, 1.82) is 0 Å². The van der Waals surface area contributed by atoms with Gasteiger partial charge in [0.2, 0.25) is 0 Å². The number of piperidine rings is 1. The topological polar surface area (TPSA) is 33.3 Å². The van der Waals surface area contributed by atoms with Gasteiger partial charge in [-0.1, -0.05) is 60.7 Å². The van der Waals surface area contributed by atoms with Crippen LogP contribution in [0.25, 0.3) is 0 Å². The molecule has 1 fully saturated rings. The van der Waals surface area contributed by atoms with E-state index in [2.05, 4.69) is 47.0 Å². The van der Waals surface area contributed by atoms with Crippen molar-refractivity contribution in [3.8, 4) is 5.75 Å². The first-order chi connectivity index (χ1) is 14.7. The van der Waals surface area contributed by atoms with Gasteiger partial charge in [-0.3, -0.25) is 0 Å². The summed E-state index contributed by atoms with van der Waals surface area (Å²) in [7, 11) is 1.71. The molecule has 3 nitrogen and oxygen atoms in total. The summed E-state index contributed by atoms with van der Waals surface area (Å²) in [5, 5.41) is 7.62. The first-order valence-electron chi connectivity index (χ1n) is 10.7. The van der Waals surface area contributed by atoms with E-state index in [0.717, 1.165) is 42.7 Å². The molecule has 1 aliphatic rings. The third-order valence-electron chi connectivity index (χ3n) is 5.90. The van der Waals surface area contributed by atoms with Gasteiger partial charge in [-0.2, -0.15) is 0 Å². The first-order valence-corrected chi connectivity index (χ1v) is 10.7. The molecular formula is C26H29FN2O. The van der Waals surface area contributed by atoms with Crippen LogP contribution in [0.2, 0.25) is 0 Å². The number of nitrogens with one attached hydrogen (secondary N) is 2. The van der Waals surface area contributed by atoms with Gasteiger partial charge in [-0.15, -0.1) is 0 Å². The van der Waals surface area contributed by atoms with E-state index in [4.69, 9.17) is 4.74 Å². The molecule has 1 heterocycles. The number of halogens is 1. The highest BCUT2D eigenvalue weighted by Crippen LogP contribution is 2.31. The van der Waals surface area contributed by atoms with Crippen LogP contribution in [0.5, 0.6) is 5.75 Å². The number of para-hydroxylation sites is 1. The van der Waals surface area contributed by atoms with Crippen LogP contribution in [-0.2, 0) is 6.42 Å². The molecule has 30 heavy (non-hydrogen) atoms. The molecule has 0 aromatic heterocycles. The molecule has 1 aliphatic heterocycles.